The zero-order valence-electron chi connectivity index (χ0n) is 14.6. The molecular formula is C17H19Cl3F3N3O2. The smallest absolute Gasteiger partial charge is 0.417 e. The van der Waals surface area contributed by atoms with Crippen molar-refractivity contribution in [2.75, 3.05) is 13.2 Å². The molecule has 0 aliphatic rings. The molecule has 0 bridgehead atoms. The second-order valence-corrected chi connectivity index (χ2v) is 6.09. The molecule has 0 fully saturated rings. The predicted molar refractivity (Wildman–Crippen MR) is 105 cm³/mol. The van der Waals surface area contributed by atoms with Crippen molar-refractivity contribution in [1.29, 1.82) is 0 Å². The molecule has 0 saturated heterocycles. The van der Waals surface area contributed by atoms with Crippen molar-refractivity contribution < 1.29 is 22.7 Å². The van der Waals surface area contributed by atoms with E-state index in [0.717, 1.165) is 6.07 Å². The molecule has 0 saturated carbocycles. The highest BCUT2D eigenvalue weighted by Crippen LogP contribution is 2.33. The van der Waals surface area contributed by atoms with Crippen LogP contribution in [0, 0.1) is 0 Å². The lowest BCUT2D eigenvalue weighted by Crippen LogP contribution is -2.49. The number of carbonyl (C=O) groups excluding carboxylic acids is 1. The number of hydrogen-bond donors (Lipinski definition) is 2. The number of alkyl halides is 3. The normalized spacial score (nSPS) is 12.8. The van der Waals surface area contributed by atoms with Crippen LogP contribution in [0.2, 0.25) is 5.02 Å². The molecule has 0 aliphatic carbocycles. The Morgan fingerprint density at radius 3 is 2.36 bits per heavy atom. The van der Waals surface area contributed by atoms with Gasteiger partial charge >= 0.3 is 6.18 Å². The quantitative estimate of drug-likeness (QED) is 0.640. The number of nitrogens with two attached hydrogens (primary N) is 1. The molecular weight excluding hydrogens is 442 g/mol. The first-order valence-corrected chi connectivity index (χ1v) is 7.98. The van der Waals surface area contributed by atoms with Crippen LogP contribution in [0.15, 0.2) is 42.6 Å². The van der Waals surface area contributed by atoms with Crippen LogP contribution in [-0.4, -0.2) is 24.0 Å². The van der Waals surface area contributed by atoms with Crippen molar-refractivity contribution in [2.45, 2.75) is 18.6 Å². The fourth-order valence-corrected chi connectivity index (χ4v) is 2.32. The van der Waals surface area contributed by atoms with E-state index < -0.39 is 23.2 Å². The van der Waals surface area contributed by atoms with E-state index in [-0.39, 0.29) is 48.9 Å². The Bertz CT molecular complexity index is 775. The van der Waals surface area contributed by atoms with Crippen LogP contribution in [0.1, 0.15) is 18.1 Å². The number of benzene rings is 1. The van der Waals surface area contributed by atoms with Gasteiger partial charge in [0.25, 0.3) is 0 Å². The molecule has 1 amide bonds. The molecule has 5 nitrogen and oxygen atoms in total. The van der Waals surface area contributed by atoms with E-state index in [4.69, 9.17) is 22.1 Å². The minimum atomic E-state index is -4.54. The average Bonchev–Trinajstić information content (AvgIpc) is 2.59. The average molecular weight is 461 g/mol. The first-order chi connectivity index (χ1) is 12.1. The maximum Gasteiger partial charge on any atom is 0.417 e. The Hall–Kier alpha value is -1.74. The first-order valence-electron chi connectivity index (χ1n) is 7.60. The molecule has 0 aliphatic heterocycles. The summed E-state index contributed by atoms with van der Waals surface area (Å²) in [4.78, 5) is 15.8. The van der Waals surface area contributed by atoms with Crippen LogP contribution >= 0.6 is 36.4 Å². The Kier molecular flexibility index (Phi) is 10.0. The number of hydrogen-bond acceptors (Lipinski definition) is 4. The van der Waals surface area contributed by atoms with Gasteiger partial charge in [0, 0.05) is 6.20 Å². The van der Waals surface area contributed by atoms with Gasteiger partial charge in [-0.05, 0) is 18.6 Å². The van der Waals surface area contributed by atoms with E-state index in [2.05, 4.69) is 10.3 Å². The van der Waals surface area contributed by atoms with Crippen molar-refractivity contribution in [3.8, 4) is 5.88 Å². The molecule has 11 heteroatoms. The maximum atomic E-state index is 12.5. The Morgan fingerprint density at radius 2 is 1.82 bits per heavy atom. The van der Waals surface area contributed by atoms with E-state index in [1.807, 2.05) is 6.07 Å². The van der Waals surface area contributed by atoms with Gasteiger partial charge in [0.15, 0.2) is 0 Å². The lowest BCUT2D eigenvalue weighted by Gasteiger charge is -2.24. The number of amides is 1. The molecule has 3 N–H and O–H groups in total. The summed E-state index contributed by atoms with van der Waals surface area (Å²) in [5.41, 5.74) is 4.51. The zero-order chi connectivity index (χ0) is 19.4. The van der Waals surface area contributed by atoms with Crippen LogP contribution in [0.4, 0.5) is 13.2 Å². The van der Waals surface area contributed by atoms with Crippen molar-refractivity contribution in [2.24, 2.45) is 5.73 Å². The number of halogens is 6. The van der Waals surface area contributed by atoms with Crippen LogP contribution in [0.3, 0.4) is 0 Å². The van der Waals surface area contributed by atoms with Gasteiger partial charge in [0.05, 0.1) is 12.1 Å². The third kappa shape index (κ3) is 6.70. The molecule has 1 aromatic heterocycles. The van der Waals surface area contributed by atoms with Gasteiger partial charge in [0.2, 0.25) is 11.8 Å². The Morgan fingerprint density at radius 1 is 1.21 bits per heavy atom. The van der Waals surface area contributed by atoms with E-state index in [1.54, 1.807) is 31.2 Å². The second-order valence-electron chi connectivity index (χ2n) is 5.68. The highest BCUT2D eigenvalue weighted by Gasteiger charge is 2.32. The summed E-state index contributed by atoms with van der Waals surface area (Å²) >= 11 is 5.73. The molecule has 1 aromatic carbocycles. The van der Waals surface area contributed by atoms with Crippen LogP contribution in [0.5, 0.6) is 5.88 Å². The van der Waals surface area contributed by atoms with Gasteiger partial charge in [-0.1, -0.05) is 41.9 Å². The van der Waals surface area contributed by atoms with Gasteiger partial charge in [-0.15, -0.1) is 24.8 Å². The monoisotopic (exact) mass is 459 g/mol. The summed E-state index contributed by atoms with van der Waals surface area (Å²) in [5.74, 6) is -0.564. The molecule has 28 heavy (non-hydrogen) atoms. The van der Waals surface area contributed by atoms with Crippen LogP contribution in [-0.2, 0) is 16.5 Å². The van der Waals surface area contributed by atoms with E-state index in [0.29, 0.717) is 11.8 Å². The van der Waals surface area contributed by atoms with Crippen molar-refractivity contribution in [3.05, 3.63) is 58.7 Å². The number of rotatable bonds is 6. The van der Waals surface area contributed by atoms with Gasteiger partial charge in [0.1, 0.15) is 17.2 Å². The van der Waals surface area contributed by atoms with Crippen molar-refractivity contribution >= 4 is 42.3 Å². The standard InChI is InChI=1S/C17H17ClF3N3O2.2ClH/c1-16(22,11-5-3-2-4-6-11)15(25)23-7-8-26-14-13(18)9-12(10-24-14)17(19,20)21;;/h2-6,9-10H,7-8,22H2,1H3,(H,23,25);2*1H. The van der Waals surface area contributed by atoms with Crippen LogP contribution in [0.25, 0.3) is 0 Å². The number of aromatic nitrogens is 1. The van der Waals surface area contributed by atoms with E-state index in [9.17, 15) is 18.0 Å². The summed E-state index contributed by atoms with van der Waals surface area (Å²) in [6.45, 7) is 1.62. The summed E-state index contributed by atoms with van der Waals surface area (Å²) in [6, 6.07) is 9.56. The van der Waals surface area contributed by atoms with Gasteiger partial charge in [-0.25, -0.2) is 4.98 Å². The van der Waals surface area contributed by atoms with Crippen molar-refractivity contribution in [1.82, 2.24) is 10.3 Å². The lowest BCUT2D eigenvalue weighted by molar-refractivity contribution is -0.137. The molecule has 0 spiro atoms. The molecule has 156 valence electrons. The molecule has 1 atom stereocenters. The Balaban J connectivity index is 0.00000364. The van der Waals surface area contributed by atoms with Gasteiger partial charge in [-0.3, -0.25) is 4.79 Å². The number of carbonyl (C=O) groups is 1. The topological polar surface area (TPSA) is 77.2 Å². The van der Waals surface area contributed by atoms with Gasteiger partial charge in [-0.2, -0.15) is 13.2 Å². The van der Waals surface area contributed by atoms with Crippen molar-refractivity contribution in [3.63, 3.8) is 0 Å². The third-order valence-corrected chi connectivity index (χ3v) is 3.88. The molecule has 0 radical (unpaired) electrons. The SMILES string of the molecule is CC(N)(C(=O)NCCOc1ncc(C(F)(F)F)cc1Cl)c1ccccc1.Cl.Cl. The Labute approximate surface area is 177 Å². The van der Waals surface area contributed by atoms with Gasteiger partial charge < -0.3 is 15.8 Å². The summed E-state index contributed by atoms with van der Waals surface area (Å²) < 4.78 is 42.9. The summed E-state index contributed by atoms with van der Waals surface area (Å²) in [5, 5.41) is 2.34. The third-order valence-electron chi connectivity index (χ3n) is 3.61. The highest BCUT2D eigenvalue weighted by molar-refractivity contribution is 6.31. The lowest BCUT2D eigenvalue weighted by atomic mass is 9.92. The fourth-order valence-electron chi connectivity index (χ4n) is 2.10. The highest BCUT2D eigenvalue weighted by atomic mass is 35.5. The van der Waals surface area contributed by atoms with E-state index >= 15 is 0 Å². The largest absolute Gasteiger partial charge is 0.475 e. The number of ether oxygens (including phenoxy) is 1. The minimum Gasteiger partial charge on any atom is -0.475 e. The maximum absolute atomic E-state index is 12.5. The molecule has 1 unspecified atom stereocenters. The fraction of sp³-hybridized carbons (Fsp3) is 0.294. The minimum absolute atomic E-state index is 0. The summed E-state index contributed by atoms with van der Waals surface area (Å²) in [6.07, 6.45) is -3.90. The molecule has 1 heterocycles. The molecule has 2 rings (SSSR count). The first kappa shape index (κ1) is 26.3. The van der Waals surface area contributed by atoms with E-state index in [1.165, 1.54) is 0 Å². The number of nitrogens with zero attached hydrogens (tertiary/aromatic N) is 1. The second kappa shape index (κ2) is 10.7. The summed E-state index contributed by atoms with van der Waals surface area (Å²) in [7, 11) is 0. The number of nitrogens with one attached hydrogen (secondary N) is 1. The molecule has 2 aromatic rings. The zero-order valence-corrected chi connectivity index (χ0v) is 17.0. The predicted octanol–water partition coefficient (Wildman–Crippen LogP) is 3.97. The van der Waals surface area contributed by atoms with Crippen LogP contribution < -0.4 is 15.8 Å². The number of pyridine rings is 1.